The van der Waals surface area contributed by atoms with Crippen LogP contribution in [0.4, 0.5) is 4.79 Å². The predicted molar refractivity (Wildman–Crippen MR) is 78.5 cm³/mol. The standard InChI is InChI=1S/C15H21ClN2O/c1-12(13-8-4-5-9-14(13)16)17(2)15(19)18-10-6-3-7-11-18/h4-5,8-9,12H,3,6-7,10-11H2,1-2H3. The number of halogens is 1. The average molecular weight is 281 g/mol. The fourth-order valence-corrected chi connectivity index (χ4v) is 2.79. The van der Waals surface area contributed by atoms with Gasteiger partial charge in [0.2, 0.25) is 0 Å². The van der Waals surface area contributed by atoms with Gasteiger partial charge in [-0.2, -0.15) is 0 Å². The van der Waals surface area contributed by atoms with E-state index in [1.807, 2.05) is 43.1 Å². The van der Waals surface area contributed by atoms with Crippen molar-refractivity contribution in [3.63, 3.8) is 0 Å². The molecular weight excluding hydrogens is 260 g/mol. The van der Waals surface area contributed by atoms with E-state index >= 15 is 0 Å². The number of benzene rings is 1. The maximum Gasteiger partial charge on any atom is 0.320 e. The van der Waals surface area contributed by atoms with Gasteiger partial charge in [0, 0.05) is 25.2 Å². The van der Waals surface area contributed by atoms with Gasteiger partial charge in [-0.1, -0.05) is 29.8 Å². The van der Waals surface area contributed by atoms with Crippen molar-refractivity contribution in [3.8, 4) is 0 Å². The van der Waals surface area contributed by atoms with Gasteiger partial charge in [-0.3, -0.25) is 0 Å². The van der Waals surface area contributed by atoms with Gasteiger partial charge in [0.15, 0.2) is 0 Å². The number of urea groups is 1. The van der Waals surface area contributed by atoms with Crippen molar-refractivity contribution >= 4 is 17.6 Å². The number of hydrogen-bond acceptors (Lipinski definition) is 1. The third-order valence-corrected chi connectivity index (χ3v) is 4.21. The summed E-state index contributed by atoms with van der Waals surface area (Å²) in [5.74, 6) is 0. The van der Waals surface area contributed by atoms with Gasteiger partial charge in [0.25, 0.3) is 0 Å². The molecule has 1 heterocycles. The molecule has 0 spiro atoms. The Morgan fingerprint density at radius 1 is 1.26 bits per heavy atom. The Bertz CT molecular complexity index is 444. The molecule has 0 bridgehead atoms. The SMILES string of the molecule is CC(c1ccccc1Cl)N(C)C(=O)N1CCCCC1. The lowest BCUT2D eigenvalue weighted by atomic mass is 10.1. The first-order valence-corrected chi connectivity index (χ1v) is 7.25. The van der Waals surface area contributed by atoms with Crippen LogP contribution in [-0.2, 0) is 0 Å². The third-order valence-electron chi connectivity index (χ3n) is 3.86. The Morgan fingerprint density at radius 2 is 1.89 bits per heavy atom. The van der Waals surface area contributed by atoms with Gasteiger partial charge in [-0.25, -0.2) is 4.79 Å². The molecular formula is C15H21ClN2O. The van der Waals surface area contributed by atoms with Crippen molar-refractivity contribution < 1.29 is 4.79 Å². The highest BCUT2D eigenvalue weighted by Crippen LogP contribution is 2.27. The first-order valence-electron chi connectivity index (χ1n) is 6.87. The van der Waals surface area contributed by atoms with Crippen LogP contribution >= 0.6 is 11.6 Å². The number of carbonyl (C=O) groups is 1. The van der Waals surface area contributed by atoms with Crippen LogP contribution in [0.3, 0.4) is 0 Å². The van der Waals surface area contributed by atoms with Crippen LogP contribution in [0, 0.1) is 0 Å². The lowest BCUT2D eigenvalue weighted by molar-refractivity contribution is 0.140. The Balaban J connectivity index is 2.08. The quantitative estimate of drug-likeness (QED) is 0.805. The van der Waals surface area contributed by atoms with E-state index in [1.165, 1.54) is 6.42 Å². The first-order chi connectivity index (χ1) is 9.11. The molecule has 4 heteroatoms. The normalized spacial score (nSPS) is 17.1. The van der Waals surface area contributed by atoms with Gasteiger partial charge in [0.1, 0.15) is 0 Å². The van der Waals surface area contributed by atoms with Crippen LogP contribution in [0.1, 0.15) is 37.8 Å². The molecule has 1 aromatic carbocycles. The van der Waals surface area contributed by atoms with Crippen molar-refractivity contribution in [3.05, 3.63) is 34.9 Å². The molecule has 104 valence electrons. The number of nitrogens with zero attached hydrogens (tertiary/aromatic N) is 2. The monoisotopic (exact) mass is 280 g/mol. The van der Waals surface area contributed by atoms with Crippen molar-refractivity contribution in [1.29, 1.82) is 0 Å². The Morgan fingerprint density at radius 3 is 2.53 bits per heavy atom. The highest BCUT2D eigenvalue weighted by molar-refractivity contribution is 6.31. The molecule has 1 aliphatic heterocycles. The third kappa shape index (κ3) is 3.21. The summed E-state index contributed by atoms with van der Waals surface area (Å²) in [6.07, 6.45) is 3.45. The van der Waals surface area contributed by atoms with E-state index in [2.05, 4.69) is 0 Å². The fourth-order valence-electron chi connectivity index (χ4n) is 2.50. The molecule has 0 saturated carbocycles. The molecule has 1 saturated heterocycles. The largest absolute Gasteiger partial charge is 0.325 e. The topological polar surface area (TPSA) is 23.6 Å². The summed E-state index contributed by atoms with van der Waals surface area (Å²) < 4.78 is 0. The first kappa shape index (κ1) is 14.2. The zero-order valence-corrected chi connectivity index (χ0v) is 12.4. The molecule has 2 amide bonds. The Labute approximate surface area is 120 Å². The summed E-state index contributed by atoms with van der Waals surface area (Å²) in [5.41, 5.74) is 0.997. The minimum atomic E-state index is -0.0110. The summed E-state index contributed by atoms with van der Waals surface area (Å²) >= 11 is 6.20. The average Bonchev–Trinajstić information content (AvgIpc) is 2.46. The van der Waals surface area contributed by atoms with Crippen LogP contribution < -0.4 is 0 Å². The second-order valence-electron chi connectivity index (χ2n) is 5.14. The van der Waals surface area contributed by atoms with Crippen molar-refractivity contribution in [2.75, 3.05) is 20.1 Å². The van der Waals surface area contributed by atoms with E-state index in [4.69, 9.17) is 11.6 Å². The van der Waals surface area contributed by atoms with Gasteiger partial charge < -0.3 is 9.80 Å². The number of likely N-dealkylation sites (tertiary alicyclic amines) is 1. The second-order valence-corrected chi connectivity index (χ2v) is 5.55. The molecule has 0 aromatic heterocycles. The summed E-state index contributed by atoms with van der Waals surface area (Å²) in [6.45, 7) is 3.76. The molecule has 2 rings (SSSR count). The number of carbonyl (C=O) groups excluding carboxylic acids is 1. The van der Waals surface area contributed by atoms with Crippen LogP contribution in [-0.4, -0.2) is 36.0 Å². The van der Waals surface area contributed by atoms with E-state index in [0.717, 1.165) is 31.5 Å². The molecule has 1 fully saturated rings. The lowest BCUT2D eigenvalue weighted by Crippen LogP contribution is -2.44. The van der Waals surface area contributed by atoms with Gasteiger partial charge in [-0.15, -0.1) is 0 Å². The maximum absolute atomic E-state index is 12.4. The molecule has 0 radical (unpaired) electrons. The Kier molecular flexibility index (Phi) is 4.70. The maximum atomic E-state index is 12.4. The summed E-state index contributed by atoms with van der Waals surface area (Å²) in [6, 6.07) is 7.80. The zero-order chi connectivity index (χ0) is 13.8. The molecule has 1 atom stereocenters. The number of amides is 2. The van der Waals surface area contributed by atoms with Gasteiger partial charge >= 0.3 is 6.03 Å². The number of piperidine rings is 1. The summed E-state index contributed by atoms with van der Waals surface area (Å²) in [5, 5.41) is 0.716. The van der Waals surface area contributed by atoms with Crippen molar-refractivity contribution in [2.45, 2.75) is 32.2 Å². The van der Waals surface area contributed by atoms with E-state index < -0.39 is 0 Å². The van der Waals surface area contributed by atoms with Crippen LogP contribution in [0.2, 0.25) is 5.02 Å². The summed E-state index contributed by atoms with van der Waals surface area (Å²) in [7, 11) is 1.85. The van der Waals surface area contributed by atoms with Gasteiger partial charge in [0.05, 0.1) is 6.04 Å². The molecule has 3 nitrogen and oxygen atoms in total. The van der Waals surface area contributed by atoms with Gasteiger partial charge in [-0.05, 0) is 37.8 Å². The van der Waals surface area contributed by atoms with Crippen LogP contribution in [0.15, 0.2) is 24.3 Å². The fraction of sp³-hybridized carbons (Fsp3) is 0.533. The minimum Gasteiger partial charge on any atom is -0.325 e. The highest BCUT2D eigenvalue weighted by Gasteiger charge is 2.24. The summed E-state index contributed by atoms with van der Waals surface area (Å²) in [4.78, 5) is 16.2. The number of rotatable bonds is 2. The smallest absolute Gasteiger partial charge is 0.320 e. The number of hydrogen-bond donors (Lipinski definition) is 0. The molecule has 0 aliphatic carbocycles. The highest BCUT2D eigenvalue weighted by atomic mass is 35.5. The molecule has 19 heavy (non-hydrogen) atoms. The zero-order valence-electron chi connectivity index (χ0n) is 11.6. The molecule has 1 aromatic rings. The molecule has 1 unspecified atom stereocenters. The van der Waals surface area contributed by atoms with Crippen LogP contribution in [0.5, 0.6) is 0 Å². The predicted octanol–water partition coefficient (Wildman–Crippen LogP) is 3.94. The van der Waals surface area contributed by atoms with E-state index in [-0.39, 0.29) is 12.1 Å². The van der Waals surface area contributed by atoms with Crippen LogP contribution in [0.25, 0.3) is 0 Å². The van der Waals surface area contributed by atoms with E-state index in [1.54, 1.807) is 4.90 Å². The van der Waals surface area contributed by atoms with E-state index in [9.17, 15) is 4.79 Å². The van der Waals surface area contributed by atoms with E-state index in [0.29, 0.717) is 5.02 Å². The minimum absolute atomic E-state index is 0.0110. The second kappa shape index (κ2) is 6.29. The van der Waals surface area contributed by atoms with Crippen molar-refractivity contribution in [1.82, 2.24) is 9.80 Å². The Hall–Kier alpha value is -1.22. The molecule has 0 N–H and O–H groups in total. The molecule has 1 aliphatic rings. The lowest BCUT2D eigenvalue weighted by Gasteiger charge is -2.34. The van der Waals surface area contributed by atoms with Crippen molar-refractivity contribution in [2.24, 2.45) is 0 Å².